The molecule has 1 aliphatic carbocycles. The van der Waals surface area contributed by atoms with Gasteiger partial charge in [0.2, 0.25) is 0 Å². The Morgan fingerprint density at radius 3 is 2.85 bits per heavy atom. The maximum Gasteiger partial charge on any atom is 0.165 e. The monoisotopic (exact) mass is 369 g/mol. The molecule has 0 saturated heterocycles. The van der Waals surface area contributed by atoms with Crippen LogP contribution in [0, 0.1) is 5.92 Å². The van der Waals surface area contributed by atoms with E-state index in [0.29, 0.717) is 24.0 Å². The molecule has 3 unspecified atom stereocenters. The molecule has 1 aromatic rings. The predicted molar refractivity (Wildman–Crippen MR) is 110 cm³/mol. The number of aliphatic imine (C=N–C) groups is 1. The number of ether oxygens (including phenoxy) is 2. The summed E-state index contributed by atoms with van der Waals surface area (Å²) in [5.74, 6) is 1.99. The minimum atomic E-state index is 0.0207. The Labute approximate surface area is 162 Å². The first-order valence-electron chi connectivity index (χ1n) is 10.2. The van der Waals surface area contributed by atoms with Gasteiger partial charge in [0.25, 0.3) is 0 Å². The Morgan fingerprint density at radius 2 is 2.00 bits per heavy atom. The number of fused-ring (bicyclic) bond motifs is 2. The first-order chi connectivity index (χ1) is 13.2. The lowest BCUT2D eigenvalue weighted by Gasteiger charge is -2.25. The summed E-state index contributed by atoms with van der Waals surface area (Å²) >= 11 is 0. The number of phenols is 1. The summed E-state index contributed by atoms with van der Waals surface area (Å²) in [5.41, 5.74) is 1.11. The van der Waals surface area contributed by atoms with E-state index in [2.05, 4.69) is 38.2 Å². The van der Waals surface area contributed by atoms with Crippen molar-refractivity contribution in [1.29, 1.82) is 0 Å². The van der Waals surface area contributed by atoms with E-state index in [9.17, 15) is 5.11 Å². The zero-order valence-electron chi connectivity index (χ0n) is 16.4. The number of aromatic hydroxyl groups is 1. The van der Waals surface area contributed by atoms with E-state index in [4.69, 9.17) is 14.5 Å². The molecule has 3 rings (SSSR count). The highest BCUT2D eigenvalue weighted by Crippen LogP contribution is 2.33. The largest absolute Gasteiger partial charge is 0.508 e. The Kier molecular flexibility index (Phi) is 6.97. The Bertz CT molecular complexity index is 708. The smallest absolute Gasteiger partial charge is 0.165 e. The van der Waals surface area contributed by atoms with Crippen LogP contribution in [0.2, 0.25) is 0 Å². The highest BCUT2D eigenvalue weighted by atomic mass is 16.5. The molecule has 1 aromatic carbocycles. The van der Waals surface area contributed by atoms with Crippen molar-refractivity contribution in [3.8, 4) is 17.2 Å². The van der Waals surface area contributed by atoms with Crippen LogP contribution in [-0.4, -0.2) is 29.6 Å². The molecular formula is C23H31NO3. The second kappa shape index (κ2) is 9.63. The number of hydrogen-bond donors (Lipinski definition) is 1. The normalized spacial score (nSPS) is 26.0. The van der Waals surface area contributed by atoms with E-state index >= 15 is 0 Å². The first-order valence-corrected chi connectivity index (χ1v) is 10.2. The lowest BCUT2D eigenvalue weighted by Crippen LogP contribution is -2.23. The van der Waals surface area contributed by atoms with Crippen molar-refractivity contribution in [1.82, 2.24) is 0 Å². The molecular weight excluding hydrogens is 338 g/mol. The van der Waals surface area contributed by atoms with Gasteiger partial charge in [0.05, 0.1) is 12.6 Å². The molecule has 0 spiro atoms. The number of rotatable bonds is 2. The lowest BCUT2D eigenvalue weighted by molar-refractivity contribution is 0.182. The van der Waals surface area contributed by atoms with E-state index in [-0.39, 0.29) is 17.9 Å². The quantitative estimate of drug-likeness (QED) is 0.752. The van der Waals surface area contributed by atoms with Gasteiger partial charge in [-0.05, 0) is 44.7 Å². The topological polar surface area (TPSA) is 51.0 Å². The third-order valence-electron chi connectivity index (χ3n) is 5.13. The zero-order valence-corrected chi connectivity index (χ0v) is 16.4. The molecule has 2 aliphatic rings. The van der Waals surface area contributed by atoms with Crippen LogP contribution in [-0.2, 0) is 0 Å². The highest BCUT2D eigenvalue weighted by Gasteiger charge is 2.20. The van der Waals surface area contributed by atoms with Gasteiger partial charge in [0.1, 0.15) is 11.9 Å². The van der Waals surface area contributed by atoms with E-state index in [1.807, 2.05) is 0 Å². The second-order valence-electron chi connectivity index (χ2n) is 7.50. The molecule has 146 valence electrons. The minimum Gasteiger partial charge on any atom is -0.508 e. The fourth-order valence-electron chi connectivity index (χ4n) is 3.76. The number of hydrogen-bond acceptors (Lipinski definition) is 4. The number of phenolic OH excluding ortho intramolecular Hbond substituents is 1. The molecule has 4 heteroatoms. The maximum absolute atomic E-state index is 9.88. The van der Waals surface area contributed by atoms with Crippen LogP contribution in [0.5, 0.6) is 17.2 Å². The van der Waals surface area contributed by atoms with Crippen molar-refractivity contribution in [2.75, 3.05) is 6.61 Å². The van der Waals surface area contributed by atoms with Gasteiger partial charge >= 0.3 is 0 Å². The van der Waals surface area contributed by atoms with E-state index < -0.39 is 0 Å². The Hall–Kier alpha value is -2.23. The van der Waals surface area contributed by atoms with Crippen LogP contribution in [0.4, 0.5) is 0 Å². The van der Waals surface area contributed by atoms with Crippen molar-refractivity contribution in [3.05, 3.63) is 42.5 Å². The van der Waals surface area contributed by atoms with Crippen LogP contribution < -0.4 is 9.47 Å². The summed E-state index contributed by atoms with van der Waals surface area (Å²) in [5, 5.41) is 9.88. The molecule has 0 aromatic heterocycles. The summed E-state index contributed by atoms with van der Waals surface area (Å²) in [7, 11) is 0. The van der Waals surface area contributed by atoms with E-state index in [1.54, 1.807) is 18.2 Å². The van der Waals surface area contributed by atoms with Crippen molar-refractivity contribution in [2.24, 2.45) is 10.9 Å². The Morgan fingerprint density at radius 1 is 1.15 bits per heavy atom. The molecule has 1 heterocycles. The molecule has 1 N–H and O–H groups in total. The number of benzene rings is 1. The van der Waals surface area contributed by atoms with Gasteiger partial charge in [-0.2, -0.15) is 0 Å². The van der Waals surface area contributed by atoms with Gasteiger partial charge in [-0.25, -0.2) is 0 Å². The zero-order chi connectivity index (χ0) is 19.1. The summed E-state index contributed by atoms with van der Waals surface area (Å²) in [6.45, 7) is 4.91. The fourth-order valence-corrected chi connectivity index (χ4v) is 3.76. The van der Waals surface area contributed by atoms with Gasteiger partial charge < -0.3 is 14.6 Å². The van der Waals surface area contributed by atoms with Crippen LogP contribution in [0.3, 0.4) is 0 Å². The minimum absolute atomic E-state index is 0.0207. The van der Waals surface area contributed by atoms with Crippen LogP contribution >= 0.6 is 0 Å². The third kappa shape index (κ3) is 5.62. The van der Waals surface area contributed by atoms with Crippen molar-refractivity contribution < 1.29 is 14.6 Å². The molecule has 0 radical (unpaired) electrons. The van der Waals surface area contributed by atoms with Crippen LogP contribution in [0.25, 0.3) is 0 Å². The van der Waals surface area contributed by atoms with Gasteiger partial charge in [-0.3, -0.25) is 4.99 Å². The molecule has 0 amide bonds. The molecule has 0 saturated carbocycles. The highest BCUT2D eigenvalue weighted by molar-refractivity contribution is 5.82. The van der Waals surface area contributed by atoms with Gasteiger partial charge in [-0.15, -0.1) is 0 Å². The molecule has 0 fully saturated rings. The summed E-state index contributed by atoms with van der Waals surface area (Å²) < 4.78 is 12.2. The SMILES string of the molecule is CCCC1CC(C)=NC2C=CC=CC2CCCCOc2ccc(O)cc2O1. The maximum atomic E-state index is 9.88. The number of allylic oxidation sites excluding steroid dienone is 2. The standard InChI is InChI=1S/C23H31NO3/c1-3-8-20-15-17(2)24-21-11-5-4-9-18(21)10-6-7-14-26-22-13-12-19(25)16-23(22)27-20/h4-5,9,11-13,16,18,20-21,25H,3,6-8,10,14-15H2,1-2H3. The molecule has 0 bridgehead atoms. The van der Waals surface area contributed by atoms with E-state index in [1.165, 1.54) is 0 Å². The third-order valence-corrected chi connectivity index (χ3v) is 5.13. The molecule has 1 aliphatic heterocycles. The van der Waals surface area contributed by atoms with Gasteiger partial charge in [0.15, 0.2) is 11.5 Å². The average Bonchev–Trinajstić information content (AvgIpc) is 2.64. The van der Waals surface area contributed by atoms with Gasteiger partial charge in [0, 0.05) is 24.1 Å². The average molecular weight is 370 g/mol. The predicted octanol–water partition coefficient (Wildman–Crippen LogP) is 5.46. The van der Waals surface area contributed by atoms with Crippen molar-refractivity contribution in [2.45, 2.75) is 64.5 Å². The van der Waals surface area contributed by atoms with Gasteiger partial charge in [-0.1, -0.05) is 37.6 Å². The molecule has 27 heavy (non-hydrogen) atoms. The summed E-state index contributed by atoms with van der Waals surface area (Å²) in [6.07, 6.45) is 14.7. The first kappa shape index (κ1) is 19.5. The van der Waals surface area contributed by atoms with Crippen molar-refractivity contribution in [3.63, 3.8) is 0 Å². The molecule has 3 atom stereocenters. The Balaban J connectivity index is 1.85. The number of nitrogens with zero attached hydrogens (tertiary/aromatic N) is 1. The van der Waals surface area contributed by atoms with E-state index in [0.717, 1.165) is 44.2 Å². The fraction of sp³-hybridized carbons (Fsp3) is 0.522. The lowest BCUT2D eigenvalue weighted by atomic mass is 9.90. The second-order valence-corrected chi connectivity index (χ2v) is 7.50. The van der Waals surface area contributed by atoms with Crippen LogP contribution in [0.15, 0.2) is 47.5 Å². The summed E-state index contributed by atoms with van der Waals surface area (Å²) in [6, 6.07) is 5.32. The van der Waals surface area contributed by atoms with Crippen molar-refractivity contribution >= 4 is 5.71 Å². The summed E-state index contributed by atoms with van der Waals surface area (Å²) in [4.78, 5) is 5.01. The molecule has 4 nitrogen and oxygen atoms in total. The van der Waals surface area contributed by atoms with Crippen LogP contribution in [0.1, 0.15) is 52.4 Å².